The molecule has 0 unspecified atom stereocenters. The van der Waals surface area contributed by atoms with Crippen LogP contribution >= 0.6 is 0 Å². The van der Waals surface area contributed by atoms with Crippen molar-refractivity contribution in [1.29, 1.82) is 0 Å². The molecule has 1 aliphatic heterocycles. The number of esters is 1. The third-order valence-corrected chi connectivity index (χ3v) is 6.17. The normalized spacial score (nSPS) is 15.1. The van der Waals surface area contributed by atoms with E-state index < -0.39 is 16.0 Å². The van der Waals surface area contributed by atoms with Crippen molar-refractivity contribution >= 4 is 27.7 Å². The van der Waals surface area contributed by atoms with Crippen LogP contribution in [0.2, 0.25) is 0 Å². The monoisotopic (exact) mass is 403 g/mol. The van der Waals surface area contributed by atoms with E-state index in [1.807, 2.05) is 0 Å². The highest BCUT2D eigenvalue weighted by Crippen LogP contribution is 2.20. The van der Waals surface area contributed by atoms with E-state index in [1.54, 1.807) is 59.5 Å². The lowest BCUT2D eigenvalue weighted by molar-refractivity contribution is -0.131. The lowest BCUT2D eigenvalue weighted by atomic mass is 10.3. The molecule has 0 aliphatic carbocycles. The minimum Gasteiger partial charge on any atom is -0.427 e. The summed E-state index contributed by atoms with van der Waals surface area (Å²) in [5, 5.41) is 2.74. The van der Waals surface area contributed by atoms with E-state index in [0.29, 0.717) is 11.4 Å². The van der Waals surface area contributed by atoms with Crippen molar-refractivity contribution in [3.05, 3.63) is 54.6 Å². The van der Waals surface area contributed by atoms with E-state index in [9.17, 15) is 18.0 Å². The van der Waals surface area contributed by atoms with Crippen molar-refractivity contribution in [3.63, 3.8) is 0 Å². The van der Waals surface area contributed by atoms with Crippen molar-refractivity contribution in [2.75, 3.05) is 31.5 Å². The van der Waals surface area contributed by atoms with Gasteiger partial charge in [0.2, 0.25) is 10.0 Å². The Hall–Kier alpha value is -2.91. The Morgan fingerprint density at radius 1 is 0.964 bits per heavy atom. The molecule has 2 amide bonds. The molecule has 2 aromatic rings. The van der Waals surface area contributed by atoms with Gasteiger partial charge >= 0.3 is 12.0 Å². The fourth-order valence-corrected chi connectivity index (χ4v) is 4.32. The molecule has 148 valence electrons. The molecule has 1 N–H and O–H groups in total. The zero-order valence-electron chi connectivity index (χ0n) is 15.4. The van der Waals surface area contributed by atoms with E-state index in [0.717, 1.165) is 0 Å². The molecule has 0 saturated carbocycles. The summed E-state index contributed by atoms with van der Waals surface area (Å²) >= 11 is 0. The number of benzene rings is 2. The van der Waals surface area contributed by atoms with Crippen LogP contribution in [0.5, 0.6) is 5.75 Å². The number of hydrogen-bond acceptors (Lipinski definition) is 5. The predicted molar refractivity (Wildman–Crippen MR) is 104 cm³/mol. The van der Waals surface area contributed by atoms with Crippen LogP contribution in [0.25, 0.3) is 0 Å². The Morgan fingerprint density at radius 3 is 2.29 bits per heavy atom. The minimum absolute atomic E-state index is 0.220. The zero-order chi connectivity index (χ0) is 20.1. The lowest BCUT2D eigenvalue weighted by Gasteiger charge is -2.34. The number of sulfonamides is 1. The molecule has 9 heteroatoms. The van der Waals surface area contributed by atoms with Crippen molar-refractivity contribution in [2.24, 2.45) is 0 Å². The number of urea groups is 1. The molecule has 1 heterocycles. The summed E-state index contributed by atoms with van der Waals surface area (Å²) in [6, 6.07) is 14.4. The van der Waals surface area contributed by atoms with Gasteiger partial charge in [-0.2, -0.15) is 4.31 Å². The van der Waals surface area contributed by atoms with Crippen LogP contribution in [0.1, 0.15) is 6.92 Å². The molecule has 0 bridgehead atoms. The fourth-order valence-electron chi connectivity index (χ4n) is 2.88. The standard InChI is InChI=1S/C19H21N3O5S/c1-15(23)27-17-7-5-6-16(14-17)20-19(24)21-10-12-22(13-11-21)28(25,26)18-8-3-2-4-9-18/h2-9,14H,10-13H2,1H3,(H,20,24). The van der Waals surface area contributed by atoms with Gasteiger partial charge in [-0.05, 0) is 24.3 Å². The Kier molecular flexibility index (Phi) is 5.96. The number of ether oxygens (including phenoxy) is 1. The van der Waals surface area contributed by atoms with Crippen LogP contribution in [0.4, 0.5) is 10.5 Å². The second-order valence-electron chi connectivity index (χ2n) is 6.26. The number of carbonyl (C=O) groups excluding carboxylic acids is 2. The summed E-state index contributed by atoms with van der Waals surface area (Å²) in [7, 11) is -3.56. The molecule has 2 aromatic carbocycles. The van der Waals surface area contributed by atoms with Gasteiger partial charge in [0, 0.05) is 44.9 Å². The Bertz CT molecular complexity index is 955. The van der Waals surface area contributed by atoms with Crippen LogP contribution in [-0.4, -0.2) is 55.8 Å². The number of rotatable bonds is 4. The van der Waals surface area contributed by atoms with Gasteiger partial charge < -0.3 is 15.0 Å². The van der Waals surface area contributed by atoms with Crippen molar-refractivity contribution in [2.45, 2.75) is 11.8 Å². The van der Waals surface area contributed by atoms with Gasteiger partial charge in [-0.15, -0.1) is 0 Å². The third kappa shape index (κ3) is 4.68. The number of amides is 2. The first kappa shape index (κ1) is 19.8. The van der Waals surface area contributed by atoms with E-state index >= 15 is 0 Å². The van der Waals surface area contributed by atoms with Crippen LogP contribution in [0.15, 0.2) is 59.5 Å². The molecule has 0 atom stereocenters. The number of nitrogens with one attached hydrogen (secondary N) is 1. The van der Waals surface area contributed by atoms with Gasteiger partial charge in [-0.25, -0.2) is 13.2 Å². The first-order chi connectivity index (χ1) is 13.4. The lowest BCUT2D eigenvalue weighted by Crippen LogP contribution is -2.51. The summed E-state index contributed by atoms with van der Waals surface area (Å²) in [5.74, 6) is -0.108. The summed E-state index contributed by atoms with van der Waals surface area (Å²) in [4.78, 5) is 25.3. The molecule has 0 radical (unpaired) electrons. The summed E-state index contributed by atoms with van der Waals surface area (Å²) in [6.07, 6.45) is 0. The van der Waals surface area contributed by atoms with Gasteiger partial charge in [0.15, 0.2) is 0 Å². The Balaban J connectivity index is 1.59. The molecule has 0 aromatic heterocycles. The average Bonchev–Trinajstić information content (AvgIpc) is 2.68. The average molecular weight is 403 g/mol. The molecule has 1 saturated heterocycles. The van der Waals surface area contributed by atoms with Crippen molar-refractivity contribution in [3.8, 4) is 5.75 Å². The largest absolute Gasteiger partial charge is 0.427 e. The SMILES string of the molecule is CC(=O)Oc1cccc(NC(=O)N2CCN(S(=O)(=O)c3ccccc3)CC2)c1. The van der Waals surface area contributed by atoms with Crippen LogP contribution in [0, 0.1) is 0 Å². The molecule has 1 aliphatic rings. The van der Waals surface area contributed by atoms with Gasteiger partial charge in [-0.1, -0.05) is 24.3 Å². The highest BCUT2D eigenvalue weighted by atomic mass is 32.2. The smallest absolute Gasteiger partial charge is 0.321 e. The second-order valence-corrected chi connectivity index (χ2v) is 8.19. The number of hydrogen-bond donors (Lipinski definition) is 1. The third-order valence-electron chi connectivity index (χ3n) is 4.25. The number of nitrogens with zero attached hydrogens (tertiary/aromatic N) is 2. The zero-order valence-corrected chi connectivity index (χ0v) is 16.2. The molecule has 28 heavy (non-hydrogen) atoms. The Labute approximate surface area is 163 Å². The summed E-state index contributed by atoms with van der Waals surface area (Å²) in [6.45, 7) is 2.30. The van der Waals surface area contributed by atoms with E-state index in [1.165, 1.54) is 11.2 Å². The topological polar surface area (TPSA) is 96.0 Å². The number of anilines is 1. The maximum absolute atomic E-state index is 12.6. The van der Waals surface area contributed by atoms with Gasteiger partial charge in [0.1, 0.15) is 5.75 Å². The molecular weight excluding hydrogens is 382 g/mol. The quantitative estimate of drug-likeness (QED) is 0.623. The first-order valence-corrected chi connectivity index (χ1v) is 10.2. The maximum atomic E-state index is 12.6. The summed E-state index contributed by atoms with van der Waals surface area (Å²) < 4.78 is 31.7. The van der Waals surface area contributed by atoms with Gasteiger partial charge in [-0.3, -0.25) is 4.79 Å². The summed E-state index contributed by atoms with van der Waals surface area (Å²) in [5.41, 5.74) is 0.489. The van der Waals surface area contributed by atoms with Crippen LogP contribution < -0.4 is 10.1 Å². The van der Waals surface area contributed by atoms with Crippen molar-refractivity contribution in [1.82, 2.24) is 9.21 Å². The van der Waals surface area contributed by atoms with E-state index in [2.05, 4.69) is 5.32 Å². The number of piperazine rings is 1. The highest BCUT2D eigenvalue weighted by molar-refractivity contribution is 7.89. The predicted octanol–water partition coefficient (Wildman–Crippen LogP) is 2.15. The maximum Gasteiger partial charge on any atom is 0.321 e. The molecule has 3 rings (SSSR count). The van der Waals surface area contributed by atoms with Gasteiger partial charge in [0.25, 0.3) is 0 Å². The van der Waals surface area contributed by atoms with Gasteiger partial charge in [0.05, 0.1) is 4.90 Å². The number of carbonyl (C=O) groups is 2. The highest BCUT2D eigenvalue weighted by Gasteiger charge is 2.30. The van der Waals surface area contributed by atoms with E-state index in [-0.39, 0.29) is 37.1 Å². The molecule has 8 nitrogen and oxygen atoms in total. The fraction of sp³-hybridized carbons (Fsp3) is 0.263. The Morgan fingerprint density at radius 2 is 1.64 bits per heavy atom. The molecule has 1 fully saturated rings. The van der Waals surface area contributed by atoms with Crippen molar-refractivity contribution < 1.29 is 22.7 Å². The molecular formula is C19H21N3O5S. The van der Waals surface area contributed by atoms with Crippen LogP contribution in [0.3, 0.4) is 0 Å². The van der Waals surface area contributed by atoms with E-state index in [4.69, 9.17) is 4.74 Å². The minimum atomic E-state index is -3.56. The van der Waals surface area contributed by atoms with Crippen LogP contribution in [-0.2, 0) is 14.8 Å². The second kappa shape index (κ2) is 8.41. The molecule has 0 spiro atoms. The first-order valence-electron chi connectivity index (χ1n) is 8.76.